The number of rotatable bonds is 3. The first-order chi connectivity index (χ1) is 8.16. The first-order valence-corrected chi connectivity index (χ1v) is 6.11. The molecule has 0 spiro atoms. The molecule has 0 aliphatic rings. The molecule has 0 saturated carbocycles. The lowest BCUT2D eigenvalue weighted by Gasteiger charge is -2.09. The van der Waals surface area contributed by atoms with Crippen molar-refractivity contribution in [3.8, 4) is 0 Å². The highest BCUT2D eigenvalue weighted by molar-refractivity contribution is 9.10. The van der Waals surface area contributed by atoms with E-state index in [9.17, 15) is 4.39 Å². The van der Waals surface area contributed by atoms with Crippen molar-refractivity contribution in [2.75, 3.05) is 5.32 Å². The Kier molecular flexibility index (Phi) is 3.97. The summed E-state index contributed by atoms with van der Waals surface area (Å²) in [4.78, 5) is 3.89. The minimum Gasteiger partial charge on any atom is -0.380 e. The second kappa shape index (κ2) is 5.47. The minimum absolute atomic E-state index is 0.258. The standard InChI is InChI=1S/C12H9BrClFN2/c13-10-2-1-9(15)5-8(10)6-17-12-3-4-16-7-11(12)14/h1-5,7H,6H2,(H,16,17). The largest absolute Gasteiger partial charge is 0.380 e. The fourth-order valence-electron chi connectivity index (χ4n) is 1.39. The summed E-state index contributed by atoms with van der Waals surface area (Å²) >= 11 is 9.32. The molecule has 0 radical (unpaired) electrons. The van der Waals surface area contributed by atoms with Crippen molar-refractivity contribution >= 4 is 33.2 Å². The number of benzene rings is 1. The highest BCUT2D eigenvalue weighted by Gasteiger charge is 2.03. The van der Waals surface area contributed by atoms with Crippen LogP contribution in [0, 0.1) is 5.82 Å². The zero-order valence-corrected chi connectivity index (χ0v) is 11.1. The van der Waals surface area contributed by atoms with E-state index in [1.165, 1.54) is 12.1 Å². The number of pyridine rings is 1. The summed E-state index contributed by atoms with van der Waals surface area (Å²) in [6.07, 6.45) is 3.21. The van der Waals surface area contributed by atoms with Gasteiger partial charge in [0.25, 0.3) is 0 Å². The molecular formula is C12H9BrClFN2. The molecule has 0 aliphatic heterocycles. The lowest BCUT2D eigenvalue weighted by molar-refractivity contribution is 0.625. The molecule has 0 saturated heterocycles. The van der Waals surface area contributed by atoms with Gasteiger partial charge < -0.3 is 5.32 Å². The van der Waals surface area contributed by atoms with E-state index in [-0.39, 0.29) is 5.82 Å². The molecule has 0 bridgehead atoms. The van der Waals surface area contributed by atoms with Gasteiger partial charge in [0.05, 0.1) is 10.7 Å². The van der Waals surface area contributed by atoms with Gasteiger partial charge in [0.2, 0.25) is 0 Å². The van der Waals surface area contributed by atoms with Crippen molar-refractivity contribution in [2.45, 2.75) is 6.54 Å². The van der Waals surface area contributed by atoms with Gasteiger partial charge in [-0.05, 0) is 29.8 Å². The van der Waals surface area contributed by atoms with Crippen molar-refractivity contribution in [2.24, 2.45) is 0 Å². The van der Waals surface area contributed by atoms with Crippen LogP contribution in [0.5, 0.6) is 0 Å². The minimum atomic E-state index is -0.258. The van der Waals surface area contributed by atoms with Crippen LogP contribution in [0.25, 0.3) is 0 Å². The topological polar surface area (TPSA) is 24.9 Å². The number of aromatic nitrogens is 1. The van der Waals surface area contributed by atoms with Crippen molar-refractivity contribution in [3.63, 3.8) is 0 Å². The van der Waals surface area contributed by atoms with Crippen molar-refractivity contribution in [1.82, 2.24) is 4.98 Å². The first-order valence-electron chi connectivity index (χ1n) is 4.94. The van der Waals surface area contributed by atoms with Gasteiger partial charge in [0, 0.05) is 23.4 Å². The molecule has 1 aromatic heterocycles. The van der Waals surface area contributed by atoms with Gasteiger partial charge in [-0.25, -0.2) is 4.39 Å². The smallest absolute Gasteiger partial charge is 0.123 e. The van der Waals surface area contributed by atoms with Gasteiger partial charge >= 0.3 is 0 Å². The maximum absolute atomic E-state index is 13.1. The van der Waals surface area contributed by atoms with Crippen LogP contribution in [0.4, 0.5) is 10.1 Å². The normalized spacial score (nSPS) is 10.3. The van der Waals surface area contributed by atoms with E-state index in [1.54, 1.807) is 24.5 Å². The highest BCUT2D eigenvalue weighted by Crippen LogP contribution is 2.22. The number of halogens is 3. The lowest BCUT2D eigenvalue weighted by Crippen LogP contribution is -2.01. The summed E-state index contributed by atoms with van der Waals surface area (Å²) in [5.41, 5.74) is 1.61. The number of hydrogen-bond acceptors (Lipinski definition) is 2. The summed E-state index contributed by atoms with van der Waals surface area (Å²) in [7, 11) is 0. The highest BCUT2D eigenvalue weighted by atomic mass is 79.9. The molecule has 88 valence electrons. The SMILES string of the molecule is Fc1ccc(Br)c(CNc2ccncc2Cl)c1. The molecule has 5 heteroatoms. The maximum Gasteiger partial charge on any atom is 0.123 e. The third-order valence-electron chi connectivity index (χ3n) is 2.25. The van der Waals surface area contributed by atoms with E-state index >= 15 is 0 Å². The first kappa shape index (κ1) is 12.3. The second-order valence-corrected chi connectivity index (χ2v) is 4.71. The van der Waals surface area contributed by atoms with Crippen LogP contribution in [-0.2, 0) is 6.54 Å². The molecule has 1 heterocycles. The van der Waals surface area contributed by atoms with Gasteiger partial charge in [-0.3, -0.25) is 4.98 Å². The van der Waals surface area contributed by atoms with E-state index in [1.807, 2.05) is 0 Å². The van der Waals surface area contributed by atoms with Crippen LogP contribution in [0.15, 0.2) is 41.1 Å². The van der Waals surface area contributed by atoms with Crippen LogP contribution in [-0.4, -0.2) is 4.98 Å². The monoisotopic (exact) mass is 314 g/mol. The molecular weight excluding hydrogens is 307 g/mol. The van der Waals surface area contributed by atoms with Crippen molar-refractivity contribution < 1.29 is 4.39 Å². The second-order valence-electron chi connectivity index (χ2n) is 3.44. The van der Waals surface area contributed by atoms with Crippen LogP contribution >= 0.6 is 27.5 Å². The molecule has 0 unspecified atom stereocenters. The van der Waals surface area contributed by atoms with Gasteiger partial charge in [0.15, 0.2) is 0 Å². The molecule has 0 atom stereocenters. The molecule has 2 rings (SSSR count). The predicted molar refractivity (Wildman–Crippen MR) is 70.7 cm³/mol. The summed E-state index contributed by atoms with van der Waals surface area (Å²) in [6.45, 7) is 0.488. The Morgan fingerprint density at radius 3 is 2.94 bits per heavy atom. The van der Waals surface area contributed by atoms with E-state index in [2.05, 4.69) is 26.2 Å². The van der Waals surface area contributed by atoms with Crippen LogP contribution in [0.1, 0.15) is 5.56 Å². The Balaban J connectivity index is 2.12. The van der Waals surface area contributed by atoms with E-state index in [0.29, 0.717) is 11.6 Å². The Morgan fingerprint density at radius 1 is 1.35 bits per heavy atom. The average Bonchev–Trinajstić information content (AvgIpc) is 2.32. The van der Waals surface area contributed by atoms with E-state index in [4.69, 9.17) is 11.6 Å². The molecule has 2 aromatic rings. The van der Waals surface area contributed by atoms with Crippen LogP contribution < -0.4 is 5.32 Å². The Hall–Kier alpha value is -1.13. The number of anilines is 1. The number of hydrogen-bond donors (Lipinski definition) is 1. The van der Waals surface area contributed by atoms with Gasteiger partial charge in [-0.2, -0.15) is 0 Å². The Labute approximate surface area is 112 Å². The van der Waals surface area contributed by atoms with Crippen LogP contribution in [0.3, 0.4) is 0 Å². The molecule has 2 nitrogen and oxygen atoms in total. The summed E-state index contributed by atoms with van der Waals surface area (Å²) < 4.78 is 13.9. The molecule has 0 aliphatic carbocycles. The molecule has 17 heavy (non-hydrogen) atoms. The average molecular weight is 316 g/mol. The number of nitrogens with one attached hydrogen (secondary N) is 1. The van der Waals surface area contributed by atoms with Gasteiger partial charge in [0.1, 0.15) is 5.82 Å². The van der Waals surface area contributed by atoms with E-state index < -0.39 is 0 Å². The molecule has 1 aromatic carbocycles. The quantitative estimate of drug-likeness (QED) is 0.916. The molecule has 0 amide bonds. The van der Waals surface area contributed by atoms with E-state index in [0.717, 1.165) is 15.7 Å². The zero-order valence-electron chi connectivity index (χ0n) is 8.75. The Morgan fingerprint density at radius 2 is 2.18 bits per heavy atom. The zero-order chi connectivity index (χ0) is 12.3. The van der Waals surface area contributed by atoms with Gasteiger partial charge in [-0.15, -0.1) is 0 Å². The maximum atomic E-state index is 13.1. The fraction of sp³-hybridized carbons (Fsp3) is 0.0833. The lowest BCUT2D eigenvalue weighted by atomic mass is 10.2. The number of nitrogens with zero attached hydrogens (tertiary/aromatic N) is 1. The summed E-state index contributed by atoms with van der Waals surface area (Å²) in [5.74, 6) is -0.258. The third kappa shape index (κ3) is 3.17. The predicted octanol–water partition coefficient (Wildman–Crippen LogP) is 4.25. The molecule has 0 fully saturated rings. The summed E-state index contributed by atoms with van der Waals surface area (Å²) in [5, 5.41) is 3.67. The summed E-state index contributed by atoms with van der Waals surface area (Å²) in [6, 6.07) is 6.34. The van der Waals surface area contributed by atoms with Gasteiger partial charge in [-0.1, -0.05) is 27.5 Å². The van der Waals surface area contributed by atoms with Crippen molar-refractivity contribution in [1.29, 1.82) is 0 Å². The Bertz CT molecular complexity index is 534. The fourth-order valence-corrected chi connectivity index (χ4v) is 1.96. The third-order valence-corrected chi connectivity index (χ3v) is 3.32. The van der Waals surface area contributed by atoms with Crippen LogP contribution in [0.2, 0.25) is 5.02 Å². The molecule has 1 N–H and O–H groups in total. The van der Waals surface area contributed by atoms with Crippen molar-refractivity contribution in [3.05, 3.63) is 57.5 Å².